The third-order valence-corrected chi connectivity index (χ3v) is 2.55. The van der Waals surface area contributed by atoms with Crippen LogP contribution in [-0.2, 0) is 0 Å². The largest absolute Gasteiger partial charge is 0.377 e. The highest BCUT2D eigenvalue weighted by molar-refractivity contribution is 5.12. The molecule has 1 saturated heterocycles. The van der Waals surface area contributed by atoms with Gasteiger partial charge in [-0.1, -0.05) is 5.92 Å². The van der Waals surface area contributed by atoms with E-state index in [-0.39, 0.29) is 11.1 Å². The van der Waals surface area contributed by atoms with Crippen LogP contribution in [0.1, 0.15) is 40.5 Å². The Labute approximate surface area is 80.7 Å². The Hall–Kier alpha value is -0.520. The molecular formula is C11H20NO+. The van der Waals surface area contributed by atoms with E-state index in [4.69, 9.17) is 6.42 Å². The van der Waals surface area contributed by atoms with E-state index in [1.165, 1.54) is 0 Å². The fraction of sp³-hybridized carbons (Fsp3) is 0.818. The minimum Gasteiger partial charge on any atom is -0.377 e. The van der Waals surface area contributed by atoms with Gasteiger partial charge in [-0.15, -0.1) is 6.42 Å². The van der Waals surface area contributed by atoms with Crippen molar-refractivity contribution in [2.24, 2.45) is 0 Å². The van der Waals surface area contributed by atoms with Gasteiger partial charge in [0.05, 0.1) is 11.1 Å². The van der Waals surface area contributed by atoms with Crippen LogP contribution in [0, 0.1) is 12.3 Å². The second kappa shape index (κ2) is 2.73. The van der Waals surface area contributed by atoms with E-state index in [9.17, 15) is 5.11 Å². The number of nitrogens with two attached hydrogens (primary N) is 1. The van der Waals surface area contributed by atoms with Crippen LogP contribution in [0.5, 0.6) is 0 Å². The van der Waals surface area contributed by atoms with Crippen molar-refractivity contribution in [3.63, 3.8) is 0 Å². The number of hydrogen-bond donors (Lipinski definition) is 2. The molecule has 0 spiro atoms. The van der Waals surface area contributed by atoms with Gasteiger partial charge in [0.15, 0.2) is 0 Å². The molecule has 0 unspecified atom stereocenters. The molecule has 2 heteroatoms. The molecule has 0 aromatic heterocycles. The molecule has 0 radical (unpaired) electrons. The van der Waals surface area contributed by atoms with Crippen molar-refractivity contribution < 1.29 is 10.4 Å². The minimum absolute atomic E-state index is 0.0306. The van der Waals surface area contributed by atoms with Gasteiger partial charge in [-0.2, -0.15) is 0 Å². The number of aliphatic hydroxyl groups is 1. The lowest BCUT2D eigenvalue weighted by atomic mass is 9.73. The monoisotopic (exact) mass is 182 g/mol. The Morgan fingerprint density at radius 1 is 1.15 bits per heavy atom. The summed E-state index contributed by atoms with van der Waals surface area (Å²) in [5, 5.41) is 12.4. The predicted molar refractivity (Wildman–Crippen MR) is 53.1 cm³/mol. The van der Waals surface area contributed by atoms with Gasteiger partial charge >= 0.3 is 0 Å². The number of terminal acetylenes is 1. The van der Waals surface area contributed by atoms with Gasteiger partial charge in [-0.3, -0.25) is 0 Å². The number of rotatable bonds is 0. The lowest BCUT2D eigenvalue weighted by Crippen LogP contribution is -3.06. The fourth-order valence-electron chi connectivity index (χ4n) is 2.83. The summed E-state index contributed by atoms with van der Waals surface area (Å²) in [6.07, 6.45) is 6.70. The molecule has 0 amide bonds. The Morgan fingerprint density at radius 3 is 1.85 bits per heavy atom. The van der Waals surface area contributed by atoms with E-state index in [0.717, 1.165) is 0 Å². The van der Waals surface area contributed by atoms with Gasteiger partial charge in [0, 0.05) is 12.8 Å². The summed E-state index contributed by atoms with van der Waals surface area (Å²) in [4.78, 5) is 0. The summed E-state index contributed by atoms with van der Waals surface area (Å²) < 4.78 is 0. The predicted octanol–water partition coefficient (Wildman–Crippen LogP) is 0.265. The number of quaternary nitrogens is 1. The molecule has 1 aliphatic rings. The van der Waals surface area contributed by atoms with E-state index >= 15 is 0 Å². The van der Waals surface area contributed by atoms with Crippen molar-refractivity contribution in [1.82, 2.24) is 0 Å². The van der Waals surface area contributed by atoms with Crippen LogP contribution in [0.4, 0.5) is 0 Å². The lowest BCUT2D eigenvalue weighted by molar-refractivity contribution is -0.791. The SMILES string of the molecule is C#CC1(O)CC(C)(C)[NH2+]C(C)(C)C1. The highest BCUT2D eigenvalue weighted by atomic mass is 16.3. The second-order valence-electron chi connectivity index (χ2n) is 5.65. The molecule has 1 heterocycles. The van der Waals surface area contributed by atoms with Gasteiger partial charge in [0.25, 0.3) is 0 Å². The van der Waals surface area contributed by atoms with Crippen molar-refractivity contribution >= 4 is 0 Å². The molecular weight excluding hydrogens is 162 g/mol. The zero-order valence-electron chi connectivity index (χ0n) is 9.02. The summed E-state index contributed by atoms with van der Waals surface area (Å²) in [6, 6.07) is 0. The second-order valence-corrected chi connectivity index (χ2v) is 5.65. The van der Waals surface area contributed by atoms with Gasteiger partial charge in [-0.05, 0) is 27.7 Å². The van der Waals surface area contributed by atoms with Crippen LogP contribution >= 0.6 is 0 Å². The topological polar surface area (TPSA) is 36.8 Å². The van der Waals surface area contributed by atoms with E-state index in [1.54, 1.807) is 0 Å². The number of piperidine rings is 1. The smallest absolute Gasteiger partial charge is 0.137 e. The zero-order valence-corrected chi connectivity index (χ0v) is 9.02. The van der Waals surface area contributed by atoms with Crippen molar-refractivity contribution in [1.29, 1.82) is 0 Å². The maximum Gasteiger partial charge on any atom is 0.137 e. The van der Waals surface area contributed by atoms with Crippen LogP contribution in [-0.4, -0.2) is 21.8 Å². The molecule has 1 fully saturated rings. The van der Waals surface area contributed by atoms with Crippen molar-refractivity contribution in [3.05, 3.63) is 0 Å². The Bertz CT molecular complexity index is 231. The number of hydrogen-bond acceptors (Lipinski definition) is 1. The summed E-state index contributed by atoms with van der Waals surface area (Å²) in [6.45, 7) is 8.48. The lowest BCUT2D eigenvalue weighted by Gasteiger charge is -2.45. The molecule has 13 heavy (non-hydrogen) atoms. The van der Waals surface area contributed by atoms with Crippen LogP contribution in [0.25, 0.3) is 0 Å². The van der Waals surface area contributed by atoms with Gasteiger partial charge in [0.2, 0.25) is 0 Å². The van der Waals surface area contributed by atoms with E-state index in [1.807, 2.05) is 0 Å². The molecule has 2 nitrogen and oxygen atoms in total. The van der Waals surface area contributed by atoms with Crippen molar-refractivity contribution in [2.45, 2.75) is 57.2 Å². The highest BCUT2D eigenvalue weighted by Crippen LogP contribution is 2.29. The van der Waals surface area contributed by atoms with Crippen molar-refractivity contribution in [2.75, 3.05) is 0 Å². The molecule has 1 aliphatic heterocycles. The van der Waals surface area contributed by atoms with Crippen LogP contribution in [0.2, 0.25) is 0 Å². The average Bonchev–Trinajstić information content (AvgIpc) is 1.79. The zero-order chi connectivity index (χ0) is 10.3. The van der Waals surface area contributed by atoms with Crippen LogP contribution in [0.3, 0.4) is 0 Å². The first-order chi connectivity index (χ1) is 5.68. The summed E-state index contributed by atoms with van der Waals surface area (Å²) >= 11 is 0. The molecule has 3 N–H and O–H groups in total. The first kappa shape index (κ1) is 10.6. The standard InChI is InChI=1S/C11H19NO/c1-6-11(13)7-9(2,3)12-10(4,5)8-11/h1,12-13H,7-8H2,2-5H3/p+1. The third kappa shape index (κ3) is 2.46. The fourth-order valence-corrected chi connectivity index (χ4v) is 2.83. The summed E-state index contributed by atoms with van der Waals surface area (Å²) in [5.41, 5.74) is -0.854. The molecule has 0 bridgehead atoms. The molecule has 0 aliphatic carbocycles. The minimum atomic E-state index is -0.915. The molecule has 0 saturated carbocycles. The highest BCUT2D eigenvalue weighted by Gasteiger charge is 2.48. The average molecular weight is 182 g/mol. The summed E-state index contributed by atoms with van der Waals surface area (Å²) in [7, 11) is 0. The Kier molecular flexibility index (Phi) is 2.22. The maximum atomic E-state index is 10.1. The third-order valence-electron chi connectivity index (χ3n) is 2.55. The molecule has 0 atom stereocenters. The first-order valence-corrected chi connectivity index (χ1v) is 4.75. The molecule has 0 aromatic carbocycles. The quantitative estimate of drug-likeness (QED) is 0.518. The molecule has 0 aromatic rings. The first-order valence-electron chi connectivity index (χ1n) is 4.75. The van der Waals surface area contributed by atoms with E-state index in [2.05, 4.69) is 38.9 Å². The van der Waals surface area contributed by atoms with Crippen molar-refractivity contribution in [3.8, 4) is 12.3 Å². The normalized spacial score (nSPS) is 29.2. The molecule has 1 rings (SSSR count). The van der Waals surface area contributed by atoms with E-state index < -0.39 is 5.60 Å². The Morgan fingerprint density at radius 2 is 1.54 bits per heavy atom. The van der Waals surface area contributed by atoms with E-state index in [0.29, 0.717) is 12.8 Å². The maximum absolute atomic E-state index is 10.1. The van der Waals surface area contributed by atoms with Crippen LogP contribution in [0.15, 0.2) is 0 Å². The van der Waals surface area contributed by atoms with Gasteiger partial charge < -0.3 is 10.4 Å². The van der Waals surface area contributed by atoms with Gasteiger partial charge in [0.1, 0.15) is 5.60 Å². The Balaban J connectivity index is 2.92. The summed E-state index contributed by atoms with van der Waals surface area (Å²) in [5.74, 6) is 2.53. The molecule has 74 valence electrons. The van der Waals surface area contributed by atoms with Gasteiger partial charge in [-0.25, -0.2) is 0 Å². The van der Waals surface area contributed by atoms with Crippen LogP contribution < -0.4 is 5.32 Å².